The van der Waals surface area contributed by atoms with Gasteiger partial charge in [0.1, 0.15) is 17.7 Å². The van der Waals surface area contributed by atoms with Crippen LogP contribution >= 0.6 is 0 Å². The quantitative estimate of drug-likeness (QED) is 0.873. The second-order valence-electron chi connectivity index (χ2n) is 7.45. The topological polar surface area (TPSA) is 77.9 Å². The SMILES string of the molecule is CC(C(=O)O)N1CC2(CCC1=O)CCN(C(=O)c1ccc(F)cc1F)CC2. The Bertz CT molecular complexity index is 775. The minimum atomic E-state index is -1.04. The zero-order valence-electron chi connectivity index (χ0n) is 15.1. The van der Waals surface area contributed by atoms with Gasteiger partial charge in [0.25, 0.3) is 5.91 Å². The van der Waals surface area contributed by atoms with Gasteiger partial charge in [0, 0.05) is 32.1 Å². The van der Waals surface area contributed by atoms with Gasteiger partial charge in [-0.1, -0.05) is 0 Å². The third-order valence-corrected chi connectivity index (χ3v) is 5.79. The fourth-order valence-corrected chi connectivity index (χ4v) is 3.96. The molecule has 2 heterocycles. The number of halogens is 2. The number of amides is 2. The summed E-state index contributed by atoms with van der Waals surface area (Å²) in [6.07, 6.45) is 2.16. The van der Waals surface area contributed by atoms with E-state index in [9.17, 15) is 28.3 Å². The van der Waals surface area contributed by atoms with Gasteiger partial charge in [-0.2, -0.15) is 0 Å². The van der Waals surface area contributed by atoms with Crippen LogP contribution in [0.2, 0.25) is 0 Å². The number of carboxylic acid groups (broad SMARTS) is 1. The van der Waals surface area contributed by atoms with Crippen LogP contribution in [0.15, 0.2) is 18.2 Å². The summed E-state index contributed by atoms with van der Waals surface area (Å²) in [6, 6.07) is 2.01. The van der Waals surface area contributed by atoms with Crippen molar-refractivity contribution in [3.8, 4) is 0 Å². The summed E-state index contributed by atoms with van der Waals surface area (Å²) in [4.78, 5) is 38.8. The predicted molar refractivity (Wildman–Crippen MR) is 92.0 cm³/mol. The van der Waals surface area contributed by atoms with E-state index in [0.717, 1.165) is 12.1 Å². The number of aliphatic carboxylic acids is 1. The minimum Gasteiger partial charge on any atom is -0.480 e. The average Bonchev–Trinajstić information content (AvgIpc) is 2.63. The van der Waals surface area contributed by atoms with E-state index in [0.29, 0.717) is 45.0 Å². The molecular weight excluding hydrogens is 358 g/mol. The lowest BCUT2D eigenvalue weighted by molar-refractivity contribution is -0.154. The number of likely N-dealkylation sites (tertiary alicyclic amines) is 2. The fraction of sp³-hybridized carbons (Fsp3) is 0.526. The van der Waals surface area contributed by atoms with E-state index in [1.54, 1.807) is 0 Å². The highest BCUT2D eigenvalue weighted by Crippen LogP contribution is 2.41. The first-order chi connectivity index (χ1) is 12.7. The van der Waals surface area contributed by atoms with Crippen LogP contribution < -0.4 is 0 Å². The predicted octanol–water partition coefficient (Wildman–Crippen LogP) is 2.28. The van der Waals surface area contributed by atoms with Gasteiger partial charge in [0.2, 0.25) is 5.91 Å². The molecule has 2 aliphatic heterocycles. The third-order valence-electron chi connectivity index (χ3n) is 5.79. The van der Waals surface area contributed by atoms with Gasteiger partial charge in [-0.05, 0) is 43.7 Å². The van der Waals surface area contributed by atoms with E-state index in [4.69, 9.17) is 0 Å². The molecule has 1 N–H and O–H groups in total. The lowest BCUT2D eigenvalue weighted by Crippen LogP contribution is -2.55. The monoisotopic (exact) mass is 380 g/mol. The molecule has 1 aromatic carbocycles. The van der Waals surface area contributed by atoms with Crippen LogP contribution in [0, 0.1) is 17.0 Å². The van der Waals surface area contributed by atoms with E-state index in [1.165, 1.54) is 16.7 Å². The zero-order valence-corrected chi connectivity index (χ0v) is 15.1. The van der Waals surface area contributed by atoms with Gasteiger partial charge in [0.15, 0.2) is 0 Å². The van der Waals surface area contributed by atoms with Crippen molar-refractivity contribution in [2.75, 3.05) is 19.6 Å². The maximum absolute atomic E-state index is 13.9. The van der Waals surface area contributed by atoms with Crippen LogP contribution in [0.1, 0.15) is 43.0 Å². The lowest BCUT2D eigenvalue weighted by Gasteiger charge is -2.48. The molecule has 146 valence electrons. The number of rotatable bonds is 3. The summed E-state index contributed by atoms with van der Waals surface area (Å²) in [5.41, 5.74) is -0.386. The molecule has 2 amide bonds. The van der Waals surface area contributed by atoms with E-state index in [1.807, 2.05) is 0 Å². The number of hydrogen-bond donors (Lipinski definition) is 1. The van der Waals surface area contributed by atoms with Crippen molar-refractivity contribution in [2.45, 2.75) is 38.6 Å². The minimum absolute atomic E-state index is 0.160. The largest absolute Gasteiger partial charge is 0.480 e. The molecule has 1 atom stereocenters. The number of benzene rings is 1. The second kappa shape index (κ2) is 7.25. The molecule has 0 saturated carbocycles. The highest BCUT2D eigenvalue weighted by atomic mass is 19.1. The lowest BCUT2D eigenvalue weighted by atomic mass is 9.72. The molecule has 27 heavy (non-hydrogen) atoms. The van der Waals surface area contributed by atoms with E-state index < -0.39 is 29.6 Å². The van der Waals surface area contributed by atoms with Crippen LogP contribution in [0.3, 0.4) is 0 Å². The van der Waals surface area contributed by atoms with Gasteiger partial charge in [-0.3, -0.25) is 9.59 Å². The molecule has 0 radical (unpaired) electrons. The summed E-state index contributed by atoms with van der Waals surface area (Å²) in [6.45, 7) is 2.62. The van der Waals surface area contributed by atoms with Crippen molar-refractivity contribution in [1.82, 2.24) is 9.80 Å². The first-order valence-electron chi connectivity index (χ1n) is 8.99. The van der Waals surface area contributed by atoms with Crippen molar-refractivity contribution < 1.29 is 28.3 Å². The molecule has 1 spiro atoms. The van der Waals surface area contributed by atoms with Gasteiger partial charge in [0.05, 0.1) is 5.56 Å². The molecule has 0 aliphatic carbocycles. The molecule has 2 aliphatic rings. The Morgan fingerprint density at radius 3 is 2.44 bits per heavy atom. The molecule has 0 aromatic heterocycles. The molecule has 3 rings (SSSR count). The molecule has 6 nitrogen and oxygen atoms in total. The summed E-state index contributed by atoms with van der Waals surface area (Å²) in [7, 11) is 0. The van der Waals surface area contributed by atoms with Crippen LogP contribution in [0.4, 0.5) is 8.78 Å². The maximum Gasteiger partial charge on any atom is 0.326 e. The third kappa shape index (κ3) is 3.79. The number of nitrogens with zero attached hydrogens (tertiary/aromatic N) is 2. The van der Waals surface area contributed by atoms with Gasteiger partial charge in [-0.15, -0.1) is 0 Å². The molecular formula is C19H22F2N2O4. The Balaban J connectivity index is 1.68. The normalized spacial score (nSPS) is 20.6. The zero-order chi connectivity index (χ0) is 19.8. The van der Waals surface area contributed by atoms with Crippen molar-refractivity contribution in [3.05, 3.63) is 35.4 Å². The molecule has 2 saturated heterocycles. The number of hydrogen-bond acceptors (Lipinski definition) is 3. The first kappa shape index (κ1) is 19.3. The number of carbonyl (C=O) groups is 3. The van der Waals surface area contributed by atoms with Crippen LogP contribution in [0.5, 0.6) is 0 Å². The molecule has 1 aromatic rings. The summed E-state index contributed by atoms with van der Waals surface area (Å²) >= 11 is 0. The first-order valence-corrected chi connectivity index (χ1v) is 8.99. The van der Waals surface area contributed by atoms with Crippen molar-refractivity contribution in [2.24, 2.45) is 5.41 Å². The fourth-order valence-electron chi connectivity index (χ4n) is 3.96. The number of carbonyl (C=O) groups excluding carboxylic acids is 2. The standard InChI is InChI=1S/C19H22F2N2O4/c1-12(18(26)27)23-11-19(5-4-16(23)24)6-8-22(9-7-19)17(25)14-3-2-13(20)10-15(14)21/h2-3,10,12H,4-9,11H2,1H3,(H,26,27). The molecule has 8 heteroatoms. The van der Waals surface area contributed by atoms with Crippen LogP contribution in [-0.2, 0) is 9.59 Å². The number of carboxylic acids is 1. The number of piperidine rings is 2. The van der Waals surface area contributed by atoms with Crippen LogP contribution in [-0.4, -0.2) is 58.4 Å². The second-order valence-corrected chi connectivity index (χ2v) is 7.45. The highest BCUT2D eigenvalue weighted by molar-refractivity contribution is 5.94. The van der Waals surface area contributed by atoms with Gasteiger partial charge < -0.3 is 14.9 Å². The Hall–Kier alpha value is -2.51. The summed E-state index contributed by atoms with van der Waals surface area (Å²) in [5.74, 6) is -3.31. The Morgan fingerprint density at radius 2 is 1.85 bits per heavy atom. The Morgan fingerprint density at radius 1 is 1.19 bits per heavy atom. The van der Waals surface area contributed by atoms with Crippen LogP contribution in [0.25, 0.3) is 0 Å². The Kier molecular flexibility index (Phi) is 5.17. The molecule has 2 fully saturated rings. The van der Waals surface area contributed by atoms with Crippen molar-refractivity contribution in [1.29, 1.82) is 0 Å². The Labute approximate surface area is 155 Å². The van der Waals surface area contributed by atoms with E-state index in [-0.39, 0.29) is 23.3 Å². The summed E-state index contributed by atoms with van der Waals surface area (Å²) in [5, 5.41) is 9.22. The van der Waals surface area contributed by atoms with E-state index in [2.05, 4.69) is 0 Å². The molecule has 0 bridgehead atoms. The van der Waals surface area contributed by atoms with Crippen molar-refractivity contribution >= 4 is 17.8 Å². The van der Waals surface area contributed by atoms with Crippen molar-refractivity contribution in [3.63, 3.8) is 0 Å². The smallest absolute Gasteiger partial charge is 0.326 e. The van der Waals surface area contributed by atoms with Gasteiger partial charge >= 0.3 is 5.97 Å². The molecule has 1 unspecified atom stereocenters. The highest BCUT2D eigenvalue weighted by Gasteiger charge is 2.44. The maximum atomic E-state index is 13.9. The van der Waals surface area contributed by atoms with E-state index >= 15 is 0 Å². The average molecular weight is 380 g/mol. The van der Waals surface area contributed by atoms with Gasteiger partial charge in [-0.25, -0.2) is 13.6 Å². The summed E-state index contributed by atoms with van der Waals surface area (Å²) < 4.78 is 26.9.